The van der Waals surface area contributed by atoms with Crippen molar-refractivity contribution >= 4 is 52.2 Å². The summed E-state index contributed by atoms with van der Waals surface area (Å²) in [5, 5.41) is 4.66. The van der Waals surface area contributed by atoms with Crippen LogP contribution in [0.3, 0.4) is 0 Å². The molecule has 0 aromatic carbocycles. The summed E-state index contributed by atoms with van der Waals surface area (Å²) in [6.07, 6.45) is -0.0879. The maximum absolute atomic E-state index is 5.97. The van der Waals surface area contributed by atoms with Crippen molar-refractivity contribution in [3.8, 4) is 0 Å². The summed E-state index contributed by atoms with van der Waals surface area (Å²) < 4.78 is 25.6. The lowest BCUT2D eigenvalue weighted by atomic mass is 10.5. The van der Waals surface area contributed by atoms with E-state index in [4.69, 9.17) is 13.0 Å². The van der Waals surface area contributed by atoms with Gasteiger partial charge in [0.05, 0.1) is 10.3 Å². The molecule has 0 N–H and O–H groups in total. The fourth-order valence-electron chi connectivity index (χ4n) is 1.54. The number of hydrogen-bond donors (Lipinski definition) is 0. The number of thiocarbonyl (C=S) groups is 2. The molecule has 2 unspecified atom stereocenters. The molecule has 0 aromatic heterocycles. The molecule has 0 saturated heterocycles. The van der Waals surface area contributed by atoms with Gasteiger partial charge in [-0.2, -0.15) is 0 Å². The van der Waals surface area contributed by atoms with Gasteiger partial charge in [-0.05, 0) is 52.1 Å². The molecule has 0 aliphatic carbocycles. The van der Waals surface area contributed by atoms with E-state index in [1.165, 1.54) is 0 Å². The predicted octanol–water partition coefficient (Wildman–Crippen LogP) is 3.20. The van der Waals surface area contributed by atoms with Crippen LogP contribution in [0.1, 0.15) is 27.7 Å². The average molecular weight is 337 g/mol. The van der Waals surface area contributed by atoms with Gasteiger partial charge in [0.25, 0.3) is 0 Å². The summed E-state index contributed by atoms with van der Waals surface area (Å²) in [5.41, 5.74) is 0. The SMILES string of the molecule is CC(C)O[Si](C)(N=C=S)O[Si](C)(N=C=S)OC(C)C. The maximum atomic E-state index is 5.97. The first-order chi connectivity index (χ1) is 8.66. The molecule has 5 nitrogen and oxygen atoms in total. The fraction of sp³-hybridized carbons (Fsp3) is 0.800. The van der Waals surface area contributed by atoms with Crippen LogP contribution in [0.25, 0.3) is 0 Å². The van der Waals surface area contributed by atoms with Crippen molar-refractivity contribution in [3.63, 3.8) is 0 Å². The van der Waals surface area contributed by atoms with Gasteiger partial charge in [-0.1, -0.05) is 0 Å². The van der Waals surface area contributed by atoms with E-state index < -0.39 is 17.4 Å². The molecule has 0 aliphatic heterocycles. The van der Waals surface area contributed by atoms with Crippen LogP contribution >= 0.6 is 24.4 Å². The Balaban J connectivity index is 5.25. The van der Waals surface area contributed by atoms with Crippen molar-refractivity contribution in [2.24, 2.45) is 9.32 Å². The molecule has 19 heavy (non-hydrogen) atoms. The molecule has 0 rings (SSSR count). The Hall–Kier alpha value is -0.0862. The predicted molar refractivity (Wildman–Crippen MR) is 86.8 cm³/mol. The molecule has 108 valence electrons. The molecule has 0 radical (unpaired) electrons. The lowest BCUT2D eigenvalue weighted by molar-refractivity contribution is 0.139. The molecular weight excluding hydrogens is 316 g/mol. The molecule has 0 aromatic rings. The van der Waals surface area contributed by atoms with E-state index in [9.17, 15) is 0 Å². The summed E-state index contributed by atoms with van der Waals surface area (Å²) in [7, 11) is -5.77. The van der Waals surface area contributed by atoms with E-state index in [1.807, 2.05) is 27.7 Å². The minimum absolute atomic E-state index is 0.0440. The first kappa shape index (κ1) is 18.9. The quantitative estimate of drug-likeness (QED) is 0.387. The topological polar surface area (TPSA) is 52.4 Å². The van der Waals surface area contributed by atoms with Gasteiger partial charge in [0, 0.05) is 25.3 Å². The summed E-state index contributed by atoms with van der Waals surface area (Å²) in [6, 6.07) is 0. The molecular formula is C10H20N2O3S2Si2. The summed E-state index contributed by atoms with van der Waals surface area (Å²) in [5.74, 6) is 0. The highest BCUT2D eigenvalue weighted by atomic mass is 32.1. The highest BCUT2D eigenvalue weighted by molar-refractivity contribution is 7.78. The summed E-state index contributed by atoms with van der Waals surface area (Å²) >= 11 is 9.32. The Morgan fingerprint density at radius 3 is 1.37 bits per heavy atom. The molecule has 2 atom stereocenters. The Bertz CT molecular complexity index is 362. The molecule has 0 spiro atoms. The highest BCUT2D eigenvalue weighted by Crippen LogP contribution is 2.21. The summed E-state index contributed by atoms with van der Waals surface area (Å²) in [4.78, 5) is 0. The molecule has 0 bridgehead atoms. The molecule has 0 fully saturated rings. The van der Waals surface area contributed by atoms with Crippen molar-refractivity contribution < 1.29 is 13.0 Å². The zero-order valence-electron chi connectivity index (χ0n) is 12.1. The van der Waals surface area contributed by atoms with Gasteiger partial charge in [0.15, 0.2) is 0 Å². The third-order valence-electron chi connectivity index (χ3n) is 1.78. The molecule has 0 aliphatic rings. The van der Waals surface area contributed by atoms with Crippen LogP contribution in [0, 0.1) is 0 Å². The van der Waals surface area contributed by atoms with Crippen molar-refractivity contribution in [1.29, 1.82) is 0 Å². The first-order valence-electron chi connectivity index (χ1n) is 5.90. The van der Waals surface area contributed by atoms with Crippen molar-refractivity contribution in [3.05, 3.63) is 0 Å². The number of hydrogen-bond acceptors (Lipinski definition) is 7. The van der Waals surface area contributed by atoms with Gasteiger partial charge in [-0.25, -0.2) is 9.32 Å². The zero-order chi connectivity index (χ0) is 15.1. The van der Waals surface area contributed by atoms with E-state index in [0.29, 0.717) is 0 Å². The van der Waals surface area contributed by atoms with Gasteiger partial charge in [0.1, 0.15) is 0 Å². The second kappa shape index (κ2) is 8.26. The normalized spacial score (nSPS) is 17.3. The number of rotatable bonds is 8. The highest BCUT2D eigenvalue weighted by Gasteiger charge is 2.46. The minimum atomic E-state index is -2.89. The Morgan fingerprint density at radius 1 is 0.842 bits per heavy atom. The molecule has 9 heteroatoms. The van der Waals surface area contributed by atoms with E-state index in [2.05, 4.69) is 44.1 Å². The van der Waals surface area contributed by atoms with E-state index >= 15 is 0 Å². The Kier molecular flexibility index (Phi) is 8.22. The smallest absolute Gasteiger partial charge is 0.379 e. The second-order valence-corrected chi connectivity index (χ2v) is 10.3. The van der Waals surface area contributed by atoms with Crippen molar-refractivity contribution in [2.45, 2.75) is 53.0 Å². The largest absolute Gasteiger partial charge is 0.476 e. The first-order valence-corrected chi connectivity index (χ1v) is 11.2. The van der Waals surface area contributed by atoms with Gasteiger partial charge < -0.3 is 13.0 Å². The monoisotopic (exact) mass is 336 g/mol. The van der Waals surface area contributed by atoms with Crippen LogP contribution < -0.4 is 0 Å². The van der Waals surface area contributed by atoms with Crippen LogP contribution in [0.2, 0.25) is 13.1 Å². The van der Waals surface area contributed by atoms with Gasteiger partial charge in [-0.3, -0.25) is 0 Å². The van der Waals surface area contributed by atoms with Crippen LogP contribution in [0.5, 0.6) is 0 Å². The number of nitrogens with zero attached hydrogens (tertiary/aromatic N) is 2. The van der Waals surface area contributed by atoms with Crippen LogP contribution in [-0.2, 0) is 13.0 Å². The van der Waals surface area contributed by atoms with Crippen LogP contribution in [-0.4, -0.2) is 40.0 Å². The van der Waals surface area contributed by atoms with Gasteiger partial charge >= 0.3 is 17.4 Å². The number of isothiocyanates is 2. The lowest BCUT2D eigenvalue weighted by Crippen LogP contribution is -2.52. The fourth-order valence-corrected chi connectivity index (χ4v) is 8.28. The third-order valence-corrected chi connectivity index (χ3v) is 8.18. The van der Waals surface area contributed by atoms with E-state index in [1.54, 1.807) is 13.1 Å². The van der Waals surface area contributed by atoms with Gasteiger partial charge in [-0.15, -0.1) is 0 Å². The molecule has 0 amide bonds. The molecule has 0 saturated carbocycles. The van der Waals surface area contributed by atoms with Crippen molar-refractivity contribution in [1.82, 2.24) is 0 Å². The second-order valence-electron chi connectivity index (χ2n) is 4.64. The lowest BCUT2D eigenvalue weighted by Gasteiger charge is -2.31. The average Bonchev–Trinajstić information content (AvgIpc) is 2.12. The third kappa shape index (κ3) is 7.93. The van der Waals surface area contributed by atoms with E-state index in [-0.39, 0.29) is 12.2 Å². The zero-order valence-corrected chi connectivity index (χ0v) is 15.7. The van der Waals surface area contributed by atoms with Crippen LogP contribution in [0.15, 0.2) is 9.32 Å². The summed E-state index contributed by atoms with van der Waals surface area (Å²) in [6.45, 7) is 11.2. The Labute approximate surface area is 127 Å². The van der Waals surface area contributed by atoms with E-state index in [0.717, 1.165) is 0 Å². The Morgan fingerprint density at radius 2 is 1.16 bits per heavy atom. The standard InChI is InChI=1S/C10H20N2O3S2Si2/c1-9(2)13-18(5,11-7-16)15-19(6,12-8-17)14-10(3)4/h9-10H,1-6H3. The van der Waals surface area contributed by atoms with Crippen LogP contribution in [0.4, 0.5) is 0 Å². The maximum Gasteiger partial charge on any atom is 0.476 e. The minimum Gasteiger partial charge on any atom is -0.379 e. The molecule has 0 heterocycles. The van der Waals surface area contributed by atoms with Gasteiger partial charge in [0.2, 0.25) is 0 Å². The van der Waals surface area contributed by atoms with Crippen molar-refractivity contribution in [2.75, 3.05) is 0 Å².